The van der Waals surface area contributed by atoms with E-state index in [4.69, 9.17) is 5.26 Å². The monoisotopic (exact) mass is 255 g/mol. The molecule has 0 bridgehead atoms. The molecule has 0 atom stereocenters. The molecule has 2 heterocycles. The fourth-order valence-electron chi connectivity index (χ4n) is 2.44. The van der Waals surface area contributed by atoms with E-state index in [2.05, 4.69) is 15.6 Å². The summed E-state index contributed by atoms with van der Waals surface area (Å²) in [7, 11) is 0. The first kappa shape index (κ1) is 11.2. The van der Waals surface area contributed by atoms with Crippen molar-refractivity contribution in [1.82, 2.24) is 9.55 Å². The Morgan fingerprint density at radius 3 is 2.78 bits per heavy atom. The van der Waals surface area contributed by atoms with Gasteiger partial charge in [0.05, 0.1) is 16.9 Å². The van der Waals surface area contributed by atoms with Crippen LogP contribution in [0, 0.1) is 11.3 Å². The summed E-state index contributed by atoms with van der Waals surface area (Å²) in [5, 5.41) is 8.95. The normalized spacial score (nSPS) is 14.7. The number of rotatable bonds is 2. The molecular formula is C14H13N3S. The van der Waals surface area contributed by atoms with Gasteiger partial charge in [0, 0.05) is 12.4 Å². The third-order valence-electron chi connectivity index (χ3n) is 3.25. The zero-order valence-corrected chi connectivity index (χ0v) is 10.8. The number of aromatic nitrogens is 2. The molecule has 0 aliphatic heterocycles. The maximum absolute atomic E-state index is 8.95. The van der Waals surface area contributed by atoms with Crippen LogP contribution in [0.15, 0.2) is 36.4 Å². The number of thiophene rings is 1. The number of hydrogen-bond donors (Lipinski definition) is 0. The van der Waals surface area contributed by atoms with Gasteiger partial charge in [-0.3, -0.25) is 0 Å². The minimum Gasteiger partial charge on any atom is -0.305 e. The van der Waals surface area contributed by atoms with E-state index >= 15 is 0 Å². The summed E-state index contributed by atoms with van der Waals surface area (Å²) in [5.41, 5.74) is 2.72. The van der Waals surface area contributed by atoms with Crippen molar-refractivity contribution in [2.75, 3.05) is 0 Å². The van der Waals surface area contributed by atoms with Crippen molar-refractivity contribution in [3.8, 4) is 6.07 Å². The Bertz CT molecular complexity index is 606. The van der Waals surface area contributed by atoms with Crippen LogP contribution in [-0.4, -0.2) is 9.55 Å². The summed E-state index contributed by atoms with van der Waals surface area (Å²) in [4.78, 5) is 6.07. The summed E-state index contributed by atoms with van der Waals surface area (Å²) < 4.78 is 2.08. The van der Waals surface area contributed by atoms with Gasteiger partial charge in [-0.1, -0.05) is 0 Å². The van der Waals surface area contributed by atoms with Crippen LogP contribution in [0.1, 0.15) is 35.4 Å². The summed E-state index contributed by atoms with van der Waals surface area (Å²) in [6.07, 6.45) is 10.5. The molecule has 4 heteroatoms. The second kappa shape index (κ2) is 4.79. The van der Waals surface area contributed by atoms with Gasteiger partial charge < -0.3 is 4.57 Å². The Labute approximate surface area is 110 Å². The van der Waals surface area contributed by atoms with E-state index < -0.39 is 0 Å². The second-order valence-electron chi connectivity index (χ2n) is 4.40. The fraction of sp³-hybridized carbons (Fsp3) is 0.286. The van der Waals surface area contributed by atoms with E-state index in [-0.39, 0.29) is 0 Å². The molecule has 2 aromatic heterocycles. The van der Waals surface area contributed by atoms with E-state index in [9.17, 15) is 0 Å². The van der Waals surface area contributed by atoms with Crippen LogP contribution in [0.2, 0.25) is 0 Å². The molecule has 90 valence electrons. The second-order valence-corrected chi connectivity index (χ2v) is 5.49. The van der Waals surface area contributed by atoms with Gasteiger partial charge >= 0.3 is 0 Å². The third kappa shape index (κ3) is 1.98. The lowest BCUT2D eigenvalue weighted by Gasteiger charge is -2.10. The van der Waals surface area contributed by atoms with E-state index in [0.717, 1.165) is 17.7 Å². The highest BCUT2D eigenvalue weighted by Crippen LogP contribution is 2.35. The first-order valence-electron chi connectivity index (χ1n) is 6.09. The molecule has 18 heavy (non-hydrogen) atoms. The van der Waals surface area contributed by atoms with E-state index in [1.54, 1.807) is 17.5 Å². The molecule has 1 aliphatic carbocycles. The molecular weight excluding hydrogens is 242 g/mol. The van der Waals surface area contributed by atoms with Crippen LogP contribution >= 0.6 is 11.3 Å². The van der Waals surface area contributed by atoms with Gasteiger partial charge in [-0.15, -0.1) is 11.3 Å². The molecule has 3 nitrogen and oxygen atoms in total. The van der Waals surface area contributed by atoms with Crippen LogP contribution in [0.5, 0.6) is 0 Å². The Morgan fingerprint density at radius 1 is 1.33 bits per heavy atom. The number of imidazole rings is 1. The lowest BCUT2D eigenvalue weighted by Crippen LogP contribution is -1.97. The molecule has 0 aromatic carbocycles. The van der Waals surface area contributed by atoms with Crippen LogP contribution in [0.25, 0.3) is 5.70 Å². The number of nitriles is 1. The Hall–Kier alpha value is -1.86. The van der Waals surface area contributed by atoms with Crippen LogP contribution in [-0.2, 0) is 0 Å². The molecule has 0 N–H and O–H groups in total. The average molecular weight is 255 g/mol. The van der Waals surface area contributed by atoms with E-state index in [1.165, 1.54) is 29.0 Å². The topological polar surface area (TPSA) is 41.6 Å². The number of allylic oxidation sites excluding steroid dienone is 1. The van der Waals surface area contributed by atoms with Gasteiger partial charge in [0.25, 0.3) is 0 Å². The first-order chi connectivity index (χ1) is 8.88. The Kier molecular flexibility index (Phi) is 2.99. The lowest BCUT2D eigenvalue weighted by molar-refractivity contribution is 0.886. The van der Waals surface area contributed by atoms with Crippen molar-refractivity contribution in [3.63, 3.8) is 0 Å². The Morgan fingerprint density at radius 2 is 2.17 bits per heavy atom. The molecule has 0 unspecified atom stereocenters. The maximum atomic E-state index is 8.95. The van der Waals surface area contributed by atoms with Crippen molar-refractivity contribution >= 4 is 17.0 Å². The predicted octanol–water partition coefficient (Wildman–Crippen LogP) is 3.65. The quantitative estimate of drug-likeness (QED) is 0.822. The van der Waals surface area contributed by atoms with Gasteiger partial charge in [0.1, 0.15) is 10.9 Å². The van der Waals surface area contributed by atoms with Crippen molar-refractivity contribution in [2.24, 2.45) is 0 Å². The minimum atomic E-state index is 0.765. The van der Waals surface area contributed by atoms with Gasteiger partial charge in [0.15, 0.2) is 0 Å². The fourth-order valence-corrected chi connectivity index (χ4v) is 3.34. The predicted molar refractivity (Wildman–Crippen MR) is 72.0 cm³/mol. The summed E-state index contributed by atoms with van der Waals surface area (Å²) in [5.74, 6) is 0. The van der Waals surface area contributed by atoms with Gasteiger partial charge in [-0.25, -0.2) is 4.98 Å². The van der Waals surface area contributed by atoms with Crippen LogP contribution in [0.4, 0.5) is 0 Å². The third-order valence-corrected chi connectivity index (χ3v) is 4.25. The Balaban J connectivity index is 2.11. The highest BCUT2D eigenvalue weighted by atomic mass is 32.1. The molecule has 1 aliphatic rings. The molecule has 1 fully saturated rings. The van der Waals surface area contributed by atoms with Crippen molar-refractivity contribution < 1.29 is 0 Å². The van der Waals surface area contributed by atoms with Crippen LogP contribution in [0.3, 0.4) is 0 Å². The molecule has 0 saturated heterocycles. The molecule has 2 aromatic rings. The SMILES string of the molecule is N#Cc1ccc(C(=C2CCCC2)n2ccnc2)s1. The smallest absolute Gasteiger partial charge is 0.110 e. The molecule has 0 amide bonds. The largest absolute Gasteiger partial charge is 0.305 e. The molecule has 0 spiro atoms. The lowest BCUT2D eigenvalue weighted by atomic mass is 10.1. The highest BCUT2D eigenvalue weighted by molar-refractivity contribution is 7.13. The summed E-state index contributed by atoms with van der Waals surface area (Å²) in [6.45, 7) is 0. The average Bonchev–Trinajstić information content (AvgIpc) is 3.13. The zero-order chi connectivity index (χ0) is 12.4. The van der Waals surface area contributed by atoms with Crippen molar-refractivity contribution in [1.29, 1.82) is 5.26 Å². The highest BCUT2D eigenvalue weighted by Gasteiger charge is 2.17. The number of nitrogens with zero attached hydrogens (tertiary/aromatic N) is 3. The molecule has 0 radical (unpaired) electrons. The molecule has 1 saturated carbocycles. The van der Waals surface area contributed by atoms with E-state index in [1.807, 2.05) is 24.7 Å². The minimum absolute atomic E-state index is 0.765. The first-order valence-corrected chi connectivity index (χ1v) is 6.91. The van der Waals surface area contributed by atoms with Crippen molar-refractivity contribution in [2.45, 2.75) is 25.7 Å². The van der Waals surface area contributed by atoms with E-state index in [0.29, 0.717) is 0 Å². The van der Waals surface area contributed by atoms with Gasteiger partial charge in [-0.2, -0.15) is 5.26 Å². The molecule has 3 rings (SSSR count). The van der Waals surface area contributed by atoms with Gasteiger partial charge in [-0.05, 0) is 43.4 Å². The summed E-state index contributed by atoms with van der Waals surface area (Å²) >= 11 is 1.56. The zero-order valence-electron chi connectivity index (χ0n) is 9.97. The maximum Gasteiger partial charge on any atom is 0.110 e. The van der Waals surface area contributed by atoms with Gasteiger partial charge in [0.2, 0.25) is 0 Å². The van der Waals surface area contributed by atoms with Crippen molar-refractivity contribution in [3.05, 3.63) is 46.2 Å². The number of hydrogen-bond acceptors (Lipinski definition) is 3. The van der Waals surface area contributed by atoms with Crippen LogP contribution < -0.4 is 0 Å². The summed E-state index contributed by atoms with van der Waals surface area (Å²) in [6, 6.07) is 6.15. The standard InChI is InChI=1S/C14H13N3S/c15-9-12-5-6-13(18-12)14(11-3-1-2-4-11)17-8-7-16-10-17/h5-8,10H,1-4H2.